The molecule has 0 bridgehead atoms. The van der Waals surface area contributed by atoms with Crippen molar-refractivity contribution in [2.75, 3.05) is 13.6 Å². The first-order chi connectivity index (χ1) is 9.94. The standard InChI is InChI=1S/C16H23FN4/c1-16(12-18,8-14-6-4-5-7-15(14)17)20(2)10-13-9-19-21(3)11-13/h4-7,9,11H,8,10,12,18H2,1-3H3. The summed E-state index contributed by atoms with van der Waals surface area (Å²) in [6.45, 7) is 3.25. The Morgan fingerprint density at radius 1 is 1.38 bits per heavy atom. The highest BCUT2D eigenvalue weighted by Crippen LogP contribution is 2.22. The molecule has 1 unspecified atom stereocenters. The van der Waals surface area contributed by atoms with Crippen LogP contribution in [0.1, 0.15) is 18.1 Å². The zero-order valence-corrected chi connectivity index (χ0v) is 12.9. The predicted molar refractivity (Wildman–Crippen MR) is 82.2 cm³/mol. The number of hydrogen-bond acceptors (Lipinski definition) is 3. The molecule has 21 heavy (non-hydrogen) atoms. The number of likely N-dealkylation sites (N-methyl/N-ethyl adjacent to an activating group) is 1. The number of rotatable bonds is 6. The first-order valence-electron chi connectivity index (χ1n) is 7.07. The molecule has 0 aliphatic rings. The second-order valence-corrected chi connectivity index (χ2v) is 5.85. The summed E-state index contributed by atoms with van der Waals surface area (Å²) in [7, 11) is 3.91. The van der Waals surface area contributed by atoms with Gasteiger partial charge in [0.05, 0.1) is 6.20 Å². The summed E-state index contributed by atoms with van der Waals surface area (Å²) in [5.41, 5.74) is 7.49. The van der Waals surface area contributed by atoms with E-state index < -0.39 is 0 Å². The number of halogens is 1. The average Bonchev–Trinajstić information content (AvgIpc) is 2.86. The van der Waals surface area contributed by atoms with Crippen molar-refractivity contribution in [1.82, 2.24) is 14.7 Å². The zero-order valence-electron chi connectivity index (χ0n) is 12.9. The maximum absolute atomic E-state index is 13.9. The Morgan fingerprint density at radius 3 is 2.67 bits per heavy atom. The van der Waals surface area contributed by atoms with Gasteiger partial charge in [0.2, 0.25) is 0 Å². The minimum atomic E-state index is -0.308. The third kappa shape index (κ3) is 3.68. The van der Waals surface area contributed by atoms with E-state index in [9.17, 15) is 4.39 Å². The van der Waals surface area contributed by atoms with Crippen LogP contribution in [-0.2, 0) is 20.0 Å². The Bertz CT molecular complexity index is 595. The Labute approximate surface area is 125 Å². The molecular formula is C16H23FN4. The zero-order chi connectivity index (χ0) is 15.5. The van der Waals surface area contributed by atoms with Gasteiger partial charge in [-0.25, -0.2) is 4.39 Å². The van der Waals surface area contributed by atoms with Gasteiger partial charge in [0, 0.05) is 37.4 Å². The van der Waals surface area contributed by atoms with Crippen molar-refractivity contribution >= 4 is 0 Å². The Hall–Kier alpha value is -1.72. The average molecular weight is 290 g/mol. The highest BCUT2D eigenvalue weighted by molar-refractivity contribution is 5.20. The predicted octanol–water partition coefficient (Wildman–Crippen LogP) is 1.95. The van der Waals surface area contributed by atoms with E-state index in [4.69, 9.17) is 5.73 Å². The third-order valence-corrected chi connectivity index (χ3v) is 4.07. The van der Waals surface area contributed by atoms with Crippen molar-refractivity contribution in [3.05, 3.63) is 53.6 Å². The van der Waals surface area contributed by atoms with E-state index in [1.807, 2.05) is 38.6 Å². The Morgan fingerprint density at radius 2 is 2.10 bits per heavy atom. The van der Waals surface area contributed by atoms with Crippen molar-refractivity contribution < 1.29 is 4.39 Å². The summed E-state index contributed by atoms with van der Waals surface area (Å²) < 4.78 is 15.7. The molecule has 0 saturated carbocycles. The van der Waals surface area contributed by atoms with Crippen molar-refractivity contribution in [3.8, 4) is 0 Å². The number of hydrogen-bond donors (Lipinski definition) is 1. The smallest absolute Gasteiger partial charge is 0.126 e. The second kappa shape index (κ2) is 6.37. The summed E-state index contributed by atoms with van der Waals surface area (Å²) in [4.78, 5) is 2.16. The maximum Gasteiger partial charge on any atom is 0.126 e. The quantitative estimate of drug-likeness (QED) is 0.884. The Balaban J connectivity index is 2.14. The molecule has 2 rings (SSSR count). The Kier molecular flexibility index (Phi) is 4.75. The van der Waals surface area contributed by atoms with Gasteiger partial charge < -0.3 is 5.73 Å². The highest BCUT2D eigenvalue weighted by atomic mass is 19.1. The van der Waals surface area contributed by atoms with Gasteiger partial charge in [-0.2, -0.15) is 5.10 Å². The lowest BCUT2D eigenvalue weighted by Crippen LogP contribution is -2.51. The number of aromatic nitrogens is 2. The van der Waals surface area contributed by atoms with E-state index in [-0.39, 0.29) is 11.4 Å². The molecule has 2 aromatic rings. The summed E-state index contributed by atoms with van der Waals surface area (Å²) in [5.74, 6) is -0.174. The maximum atomic E-state index is 13.9. The van der Waals surface area contributed by atoms with Gasteiger partial charge in [0.25, 0.3) is 0 Å². The molecule has 1 heterocycles. The van der Waals surface area contributed by atoms with Gasteiger partial charge in [0.15, 0.2) is 0 Å². The molecule has 0 saturated heterocycles. The molecule has 1 aromatic carbocycles. The number of aryl methyl sites for hydroxylation is 1. The summed E-state index contributed by atoms with van der Waals surface area (Å²) in [5, 5.41) is 4.17. The fraction of sp³-hybridized carbons (Fsp3) is 0.438. The molecule has 5 heteroatoms. The van der Waals surface area contributed by atoms with Crippen molar-refractivity contribution in [2.45, 2.75) is 25.4 Å². The van der Waals surface area contributed by atoms with E-state index in [0.29, 0.717) is 18.5 Å². The van der Waals surface area contributed by atoms with Gasteiger partial charge >= 0.3 is 0 Å². The van der Waals surface area contributed by atoms with Crippen LogP contribution in [0.3, 0.4) is 0 Å². The van der Waals surface area contributed by atoms with Crippen LogP contribution >= 0.6 is 0 Å². The normalized spacial score (nSPS) is 14.4. The lowest BCUT2D eigenvalue weighted by atomic mass is 9.90. The highest BCUT2D eigenvalue weighted by Gasteiger charge is 2.29. The van der Waals surface area contributed by atoms with Crippen LogP contribution in [-0.4, -0.2) is 33.8 Å². The summed E-state index contributed by atoms with van der Waals surface area (Å²) >= 11 is 0. The molecule has 0 spiro atoms. The molecule has 1 atom stereocenters. The van der Waals surface area contributed by atoms with Gasteiger partial charge in [-0.05, 0) is 32.0 Å². The largest absolute Gasteiger partial charge is 0.329 e. The minimum absolute atomic E-state index is 0.174. The number of nitrogens with zero attached hydrogens (tertiary/aromatic N) is 3. The van der Waals surface area contributed by atoms with E-state index >= 15 is 0 Å². The molecule has 0 radical (unpaired) electrons. The summed E-state index contributed by atoms with van der Waals surface area (Å²) in [6, 6.07) is 6.88. The third-order valence-electron chi connectivity index (χ3n) is 4.07. The molecular weight excluding hydrogens is 267 g/mol. The van der Waals surface area contributed by atoms with Gasteiger partial charge in [-0.1, -0.05) is 18.2 Å². The molecule has 0 aliphatic heterocycles. The van der Waals surface area contributed by atoms with Gasteiger partial charge in [0.1, 0.15) is 5.82 Å². The molecule has 4 nitrogen and oxygen atoms in total. The lowest BCUT2D eigenvalue weighted by molar-refractivity contribution is 0.135. The van der Waals surface area contributed by atoms with Gasteiger partial charge in [-0.15, -0.1) is 0 Å². The molecule has 0 fully saturated rings. The van der Waals surface area contributed by atoms with Crippen molar-refractivity contribution in [3.63, 3.8) is 0 Å². The topological polar surface area (TPSA) is 47.1 Å². The molecule has 114 valence electrons. The SMILES string of the molecule is CN(Cc1cnn(C)c1)C(C)(CN)Cc1ccccc1F. The number of benzene rings is 1. The first-order valence-corrected chi connectivity index (χ1v) is 7.07. The van der Waals surface area contributed by atoms with Crippen molar-refractivity contribution in [1.29, 1.82) is 0 Å². The van der Waals surface area contributed by atoms with E-state index in [1.165, 1.54) is 6.07 Å². The fourth-order valence-corrected chi connectivity index (χ4v) is 2.43. The van der Waals surface area contributed by atoms with Crippen LogP contribution in [0.4, 0.5) is 4.39 Å². The fourth-order valence-electron chi connectivity index (χ4n) is 2.43. The van der Waals surface area contributed by atoms with E-state index in [2.05, 4.69) is 16.9 Å². The van der Waals surface area contributed by atoms with Crippen molar-refractivity contribution in [2.24, 2.45) is 12.8 Å². The van der Waals surface area contributed by atoms with E-state index in [1.54, 1.807) is 10.7 Å². The lowest BCUT2D eigenvalue weighted by Gasteiger charge is -2.38. The number of nitrogens with two attached hydrogens (primary N) is 1. The van der Waals surface area contributed by atoms with Crippen LogP contribution in [0.5, 0.6) is 0 Å². The second-order valence-electron chi connectivity index (χ2n) is 5.85. The van der Waals surface area contributed by atoms with Crippen LogP contribution < -0.4 is 5.73 Å². The molecule has 2 N–H and O–H groups in total. The summed E-state index contributed by atoms with van der Waals surface area (Å²) in [6.07, 6.45) is 4.40. The van der Waals surface area contributed by atoms with Crippen LogP contribution in [0.2, 0.25) is 0 Å². The minimum Gasteiger partial charge on any atom is -0.329 e. The van der Waals surface area contributed by atoms with Crippen LogP contribution in [0, 0.1) is 5.82 Å². The van der Waals surface area contributed by atoms with Crippen LogP contribution in [0.15, 0.2) is 36.7 Å². The van der Waals surface area contributed by atoms with Gasteiger partial charge in [-0.3, -0.25) is 9.58 Å². The molecule has 0 aliphatic carbocycles. The first kappa shape index (κ1) is 15.7. The van der Waals surface area contributed by atoms with E-state index in [0.717, 1.165) is 12.1 Å². The molecule has 0 amide bonds. The molecule has 1 aromatic heterocycles. The van der Waals surface area contributed by atoms with Crippen LogP contribution in [0.25, 0.3) is 0 Å². The monoisotopic (exact) mass is 290 g/mol.